The smallest absolute Gasteiger partial charge is 0.223 e. The highest BCUT2D eigenvalue weighted by molar-refractivity contribution is 5.78. The number of nitrogens with zero attached hydrogens (tertiary/aromatic N) is 1. The molecule has 148 valence electrons. The molecule has 1 aromatic carbocycles. The molecular weight excluding hydrogens is 350 g/mol. The quantitative estimate of drug-likeness (QED) is 0.806. The van der Waals surface area contributed by atoms with Gasteiger partial charge in [-0.1, -0.05) is 24.6 Å². The summed E-state index contributed by atoms with van der Waals surface area (Å²) in [5.74, 6) is 2.16. The van der Waals surface area contributed by atoms with Crippen molar-refractivity contribution in [1.82, 2.24) is 10.3 Å². The number of ether oxygens (including phenoxy) is 1. The lowest BCUT2D eigenvalue weighted by Crippen LogP contribution is -2.49. The van der Waals surface area contributed by atoms with Crippen LogP contribution >= 0.6 is 0 Å². The molecule has 0 aliphatic heterocycles. The molecule has 1 heterocycles. The van der Waals surface area contributed by atoms with E-state index in [4.69, 9.17) is 10.5 Å². The number of rotatable bonds is 6. The molecule has 2 fully saturated rings. The van der Waals surface area contributed by atoms with E-state index in [9.17, 15) is 4.79 Å². The maximum Gasteiger partial charge on any atom is 0.223 e. The zero-order valence-electron chi connectivity index (χ0n) is 16.2. The summed E-state index contributed by atoms with van der Waals surface area (Å²) < 4.78 is 5.76. The first-order valence-corrected chi connectivity index (χ1v) is 10.3. The number of nitrogens with two attached hydrogens (primary N) is 1. The highest BCUT2D eigenvalue weighted by Crippen LogP contribution is 2.41. The number of nitrogens with one attached hydrogen (secondary N) is 1. The van der Waals surface area contributed by atoms with Gasteiger partial charge in [-0.15, -0.1) is 0 Å². The average molecular weight is 380 g/mol. The summed E-state index contributed by atoms with van der Waals surface area (Å²) in [5, 5.41) is 3.12. The Morgan fingerprint density at radius 3 is 2.54 bits per heavy atom. The van der Waals surface area contributed by atoms with E-state index in [1.807, 2.05) is 42.5 Å². The Balaban J connectivity index is 1.25. The number of benzene rings is 1. The number of carbonyl (C=O) groups is 1. The molecule has 4 rings (SSSR count). The van der Waals surface area contributed by atoms with Crippen molar-refractivity contribution < 1.29 is 9.53 Å². The van der Waals surface area contributed by atoms with Crippen molar-refractivity contribution in [3.8, 4) is 5.75 Å². The summed E-state index contributed by atoms with van der Waals surface area (Å²) in [6, 6.07) is 14.0. The van der Waals surface area contributed by atoms with Crippen LogP contribution in [0.2, 0.25) is 0 Å². The molecule has 0 saturated heterocycles. The molecule has 5 nitrogen and oxygen atoms in total. The summed E-state index contributed by atoms with van der Waals surface area (Å²) in [5.41, 5.74) is 8.31. The largest absolute Gasteiger partial charge is 0.487 e. The highest BCUT2D eigenvalue weighted by Gasteiger charge is 2.40. The van der Waals surface area contributed by atoms with Crippen LogP contribution in [0.3, 0.4) is 0 Å². The Morgan fingerprint density at radius 1 is 1.11 bits per heavy atom. The zero-order valence-corrected chi connectivity index (χ0v) is 16.2. The van der Waals surface area contributed by atoms with Crippen LogP contribution in [0.1, 0.15) is 43.4 Å². The molecule has 5 heteroatoms. The Morgan fingerprint density at radius 2 is 1.86 bits per heavy atom. The second-order valence-corrected chi connectivity index (χ2v) is 8.17. The summed E-state index contributed by atoms with van der Waals surface area (Å²) in [4.78, 5) is 16.9. The van der Waals surface area contributed by atoms with Crippen LogP contribution in [0.15, 0.2) is 48.7 Å². The van der Waals surface area contributed by atoms with Crippen molar-refractivity contribution in [2.45, 2.75) is 51.3 Å². The number of carbonyl (C=O) groups excluding carboxylic acids is 1. The van der Waals surface area contributed by atoms with E-state index in [-0.39, 0.29) is 11.8 Å². The molecule has 2 aliphatic carbocycles. The topological polar surface area (TPSA) is 77.2 Å². The summed E-state index contributed by atoms with van der Waals surface area (Å²) in [7, 11) is 0. The minimum atomic E-state index is 0.121. The molecule has 1 amide bonds. The minimum Gasteiger partial charge on any atom is -0.487 e. The second kappa shape index (κ2) is 8.74. The van der Waals surface area contributed by atoms with Gasteiger partial charge in [-0.05, 0) is 67.3 Å². The number of amides is 1. The minimum absolute atomic E-state index is 0.121. The zero-order chi connectivity index (χ0) is 19.3. The van der Waals surface area contributed by atoms with Gasteiger partial charge < -0.3 is 15.8 Å². The van der Waals surface area contributed by atoms with Crippen molar-refractivity contribution in [1.29, 1.82) is 0 Å². The fourth-order valence-electron chi connectivity index (χ4n) is 4.68. The number of hydrogen-bond acceptors (Lipinski definition) is 4. The molecule has 2 atom stereocenters. The van der Waals surface area contributed by atoms with E-state index in [0.29, 0.717) is 31.0 Å². The number of aromatic nitrogens is 1. The van der Waals surface area contributed by atoms with Crippen molar-refractivity contribution in [2.24, 2.45) is 23.5 Å². The van der Waals surface area contributed by atoms with Crippen LogP contribution in [0.5, 0.6) is 5.75 Å². The van der Waals surface area contributed by atoms with E-state index in [2.05, 4.69) is 10.3 Å². The predicted molar refractivity (Wildman–Crippen MR) is 108 cm³/mol. The lowest BCUT2D eigenvalue weighted by Gasteiger charge is -2.43. The number of fused-ring (bicyclic) bond motifs is 2. The summed E-state index contributed by atoms with van der Waals surface area (Å²) >= 11 is 0. The monoisotopic (exact) mass is 379 g/mol. The molecule has 1 aromatic heterocycles. The Hall–Kier alpha value is -2.40. The second-order valence-electron chi connectivity index (χ2n) is 8.17. The Bertz CT molecular complexity index is 764. The number of pyridine rings is 1. The third kappa shape index (κ3) is 4.53. The van der Waals surface area contributed by atoms with Crippen LogP contribution in [0.4, 0.5) is 0 Å². The van der Waals surface area contributed by atoms with Gasteiger partial charge in [-0.2, -0.15) is 0 Å². The maximum atomic E-state index is 12.7. The van der Waals surface area contributed by atoms with E-state index in [0.717, 1.165) is 29.8 Å². The third-order valence-corrected chi connectivity index (χ3v) is 6.29. The standard InChI is InChI=1S/C23H29N3O2/c24-22-17-4-3-5-18(22)13-19(12-17)23(27)26-14-16-7-9-21(10-8-16)28-15-20-6-1-2-11-25-20/h1-2,6-11,17-19,22H,3-5,12-15,24H2,(H,26,27). The fourth-order valence-corrected chi connectivity index (χ4v) is 4.68. The molecule has 0 spiro atoms. The molecular formula is C23H29N3O2. The normalized spacial score (nSPS) is 26.5. The van der Waals surface area contributed by atoms with E-state index < -0.39 is 0 Å². The molecule has 2 saturated carbocycles. The first-order chi connectivity index (χ1) is 13.7. The Labute approximate surface area is 166 Å². The fraction of sp³-hybridized carbons (Fsp3) is 0.478. The molecule has 2 aliphatic rings. The van der Waals surface area contributed by atoms with Gasteiger partial charge in [-0.3, -0.25) is 9.78 Å². The molecule has 2 aromatic rings. The molecule has 28 heavy (non-hydrogen) atoms. The summed E-state index contributed by atoms with van der Waals surface area (Å²) in [6.45, 7) is 1.00. The number of hydrogen-bond donors (Lipinski definition) is 2. The first kappa shape index (κ1) is 18.9. The van der Waals surface area contributed by atoms with Gasteiger partial charge >= 0.3 is 0 Å². The van der Waals surface area contributed by atoms with Crippen molar-refractivity contribution >= 4 is 5.91 Å². The van der Waals surface area contributed by atoms with Gasteiger partial charge in [0, 0.05) is 24.7 Å². The SMILES string of the molecule is NC1C2CCCC1CC(C(=O)NCc1ccc(OCc3ccccn3)cc1)C2. The van der Waals surface area contributed by atoms with Gasteiger partial charge in [0.1, 0.15) is 12.4 Å². The van der Waals surface area contributed by atoms with Crippen LogP contribution in [0, 0.1) is 17.8 Å². The van der Waals surface area contributed by atoms with Gasteiger partial charge in [0.15, 0.2) is 0 Å². The Kier molecular flexibility index (Phi) is 5.91. The van der Waals surface area contributed by atoms with Gasteiger partial charge in [0.05, 0.1) is 5.69 Å². The van der Waals surface area contributed by atoms with Gasteiger partial charge in [-0.25, -0.2) is 0 Å². The summed E-state index contributed by atoms with van der Waals surface area (Å²) in [6.07, 6.45) is 7.29. The molecule has 0 radical (unpaired) electrons. The van der Waals surface area contributed by atoms with Crippen molar-refractivity contribution in [2.75, 3.05) is 0 Å². The highest BCUT2D eigenvalue weighted by atomic mass is 16.5. The molecule has 2 unspecified atom stereocenters. The van der Waals surface area contributed by atoms with Crippen molar-refractivity contribution in [3.63, 3.8) is 0 Å². The van der Waals surface area contributed by atoms with Crippen LogP contribution in [-0.4, -0.2) is 16.9 Å². The van der Waals surface area contributed by atoms with Gasteiger partial charge in [0.25, 0.3) is 0 Å². The lowest BCUT2D eigenvalue weighted by molar-refractivity contribution is -0.128. The van der Waals surface area contributed by atoms with E-state index in [1.54, 1.807) is 6.20 Å². The van der Waals surface area contributed by atoms with Crippen molar-refractivity contribution in [3.05, 3.63) is 59.9 Å². The predicted octanol–water partition coefficient (Wildman–Crippen LogP) is 3.43. The van der Waals surface area contributed by atoms with Gasteiger partial charge in [0.2, 0.25) is 5.91 Å². The maximum absolute atomic E-state index is 12.7. The molecule has 2 bridgehead atoms. The van der Waals surface area contributed by atoms with Crippen LogP contribution < -0.4 is 15.8 Å². The third-order valence-electron chi connectivity index (χ3n) is 6.29. The molecule has 3 N–H and O–H groups in total. The lowest BCUT2D eigenvalue weighted by atomic mass is 9.65. The van der Waals surface area contributed by atoms with Crippen LogP contribution in [-0.2, 0) is 17.9 Å². The average Bonchev–Trinajstić information content (AvgIpc) is 2.72. The van der Waals surface area contributed by atoms with E-state index in [1.165, 1.54) is 19.3 Å². The first-order valence-electron chi connectivity index (χ1n) is 10.3. The van der Waals surface area contributed by atoms with E-state index >= 15 is 0 Å². The van der Waals surface area contributed by atoms with Crippen LogP contribution in [0.25, 0.3) is 0 Å².